The van der Waals surface area contributed by atoms with Gasteiger partial charge in [-0.15, -0.1) is 11.8 Å². The molecule has 0 saturated heterocycles. The van der Waals surface area contributed by atoms with Crippen molar-refractivity contribution in [1.29, 1.82) is 0 Å². The second-order valence-electron chi connectivity index (χ2n) is 8.31. The Balaban J connectivity index is 1.78. The molecule has 1 amide bonds. The Hall–Kier alpha value is -3.75. The molecule has 1 aliphatic heterocycles. The molecule has 1 aromatic heterocycles. The first-order valence-electron chi connectivity index (χ1n) is 11.5. The summed E-state index contributed by atoms with van der Waals surface area (Å²) in [6, 6.07) is 23.9. The van der Waals surface area contributed by atoms with E-state index < -0.39 is 0 Å². The van der Waals surface area contributed by atoms with Crippen molar-refractivity contribution in [3.63, 3.8) is 0 Å². The third-order valence-corrected chi connectivity index (χ3v) is 7.32. The molecule has 0 unspecified atom stereocenters. The van der Waals surface area contributed by atoms with Crippen LogP contribution in [0, 0.1) is 0 Å². The van der Waals surface area contributed by atoms with Crippen LogP contribution in [0.5, 0.6) is 11.5 Å². The Kier molecular flexibility index (Phi) is 6.97. The van der Waals surface area contributed by atoms with Crippen molar-refractivity contribution < 1.29 is 19.0 Å². The van der Waals surface area contributed by atoms with E-state index >= 15 is 0 Å². The monoisotopic (exact) mass is 501 g/mol. The third-order valence-electron chi connectivity index (χ3n) is 6.05. The van der Waals surface area contributed by atoms with Crippen LogP contribution in [0.3, 0.4) is 0 Å². The van der Waals surface area contributed by atoms with Crippen molar-refractivity contribution in [2.75, 3.05) is 32.4 Å². The summed E-state index contributed by atoms with van der Waals surface area (Å²) in [5.41, 5.74) is 5.45. The molecule has 1 aliphatic rings. The summed E-state index contributed by atoms with van der Waals surface area (Å²) >= 11 is 1.56. The maximum Gasteiger partial charge on any atom is 0.235 e. The second-order valence-corrected chi connectivity index (χ2v) is 9.41. The SMILES string of the molecule is COCc1cc([C@H]2SCC(=O)Nc3c2c(-c2ccccc2)nn3-c2ccccc2)cc(OC)c1OC. The molecule has 4 aromatic rings. The van der Waals surface area contributed by atoms with Crippen molar-refractivity contribution in [1.82, 2.24) is 9.78 Å². The molecule has 3 aromatic carbocycles. The third kappa shape index (κ3) is 4.45. The molecular formula is C28H27N3O4S. The number of hydrogen-bond acceptors (Lipinski definition) is 6. The van der Waals surface area contributed by atoms with E-state index in [1.165, 1.54) is 0 Å². The Morgan fingerprint density at radius 3 is 2.39 bits per heavy atom. The van der Waals surface area contributed by atoms with E-state index in [0.717, 1.165) is 33.6 Å². The fourth-order valence-electron chi connectivity index (χ4n) is 4.52. The summed E-state index contributed by atoms with van der Waals surface area (Å²) < 4.78 is 18.6. The highest BCUT2D eigenvalue weighted by Crippen LogP contribution is 2.48. The minimum Gasteiger partial charge on any atom is -0.493 e. The highest BCUT2D eigenvalue weighted by Gasteiger charge is 2.33. The van der Waals surface area contributed by atoms with Crippen LogP contribution in [0.2, 0.25) is 0 Å². The van der Waals surface area contributed by atoms with Gasteiger partial charge < -0.3 is 19.5 Å². The fourth-order valence-corrected chi connectivity index (χ4v) is 5.63. The van der Waals surface area contributed by atoms with Gasteiger partial charge in [0.15, 0.2) is 11.5 Å². The van der Waals surface area contributed by atoms with Crippen LogP contribution < -0.4 is 14.8 Å². The molecule has 8 heteroatoms. The Labute approximate surface area is 214 Å². The average Bonchev–Trinajstić information content (AvgIpc) is 3.19. The topological polar surface area (TPSA) is 74.6 Å². The van der Waals surface area contributed by atoms with Crippen LogP contribution in [0.15, 0.2) is 72.8 Å². The van der Waals surface area contributed by atoms with Gasteiger partial charge in [-0.1, -0.05) is 48.5 Å². The Morgan fingerprint density at radius 1 is 1.00 bits per heavy atom. The highest BCUT2D eigenvalue weighted by atomic mass is 32.2. The number of fused-ring (bicyclic) bond motifs is 1. The molecule has 7 nitrogen and oxygen atoms in total. The number of para-hydroxylation sites is 1. The molecule has 2 heterocycles. The summed E-state index contributed by atoms with van der Waals surface area (Å²) in [6.45, 7) is 0.365. The molecule has 0 aliphatic carbocycles. The molecule has 36 heavy (non-hydrogen) atoms. The smallest absolute Gasteiger partial charge is 0.235 e. The van der Waals surface area contributed by atoms with Crippen molar-refractivity contribution in [2.24, 2.45) is 0 Å². The number of ether oxygens (including phenoxy) is 3. The zero-order valence-corrected chi connectivity index (χ0v) is 21.2. The van der Waals surface area contributed by atoms with Crippen molar-refractivity contribution >= 4 is 23.5 Å². The number of methoxy groups -OCH3 is 3. The van der Waals surface area contributed by atoms with E-state index in [-0.39, 0.29) is 11.2 Å². The molecule has 0 spiro atoms. The Morgan fingerprint density at radius 2 is 1.72 bits per heavy atom. The molecule has 1 atom stereocenters. The predicted molar refractivity (Wildman–Crippen MR) is 142 cm³/mol. The number of nitrogens with zero attached hydrogens (tertiary/aromatic N) is 2. The van der Waals surface area contributed by atoms with Crippen LogP contribution in [0.1, 0.15) is 21.9 Å². The number of rotatable bonds is 7. The maximum absolute atomic E-state index is 12.9. The quantitative estimate of drug-likeness (QED) is 0.362. The van der Waals surface area contributed by atoms with Crippen molar-refractivity contribution in [2.45, 2.75) is 11.9 Å². The standard InChI is InChI=1S/C28H27N3O4S/c1-33-16-20-14-19(15-22(34-2)26(20)35-3)27-24-25(18-10-6-4-7-11-18)30-31(21-12-8-5-9-13-21)28(24)29-23(32)17-36-27/h4-15,27H,16-17H2,1-3H3,(H,29,32)/t27-/m1/s1. The van der Waals surface area contributed by atoms with Crippen LogP contribution >= 0.6 is 11.8 Å². The molecule has 1 N–H and O–H groups in total. The average molecular weight is 502 g/mol. The molecule has 0 radical (unpaired) electrons. The van der Waals surface area contributed by atoms with E-state index in [9.17, 15) is 4.79 Å². The zero-order chi connectivity index (χ0) is 25.1. The first-order chi connectivity index (χ1) is 17.6. The highest BCUT2D eigenvalue weighted by molar-refractivity contribution is 8.00. The molecular weight excluding hydrogens is 474 g/mol. The van der Waals surface area contributed by atoms with Crippen molar-refractivity contribution in [3.8, 4) is 28.4 Å². The number of amides is 1. The number of benzene rings is 3. The lowest BCUT2D eigenvalue weighted by atomic mass is 9.98. The summed E-state index contributed by atoms with van der Waals surface area (Å²) in [6.07, 6.45) is 0. The largest absolute Gasteiger partial charge is 0.493 e. The number of anilines is 1. The lowest BCUT2D eigenvalue weighted by Gasteiger charge is -2.20. The molecule has 184 valence electrons. The second kappa shape index (κ2) is 10.5. The van der Waals surface area contributed by atoms with Gasteiger partial charge in [-0.2, -0.15) is 5.10 Å². The van der Waals surface area contributed by atoms with Gasteiger partial charge >= 0.3 is 0 Å². The molecule has 0 saturated carbocycles. The Bertz CT molecular complexity index is 1370. The van der Waals surface area contributed by atoms with Crippen LogP contribution in [0.4, 0.5) is 5.82 Å². The summed E-state index contributed by atoms with van der Waals surface area (Å²) in [5, 5.41) is 7.97. The van der Waals surface area contributed by atoms with Gasteiger partial charge in [-0.3, -0.25) is 4.79 Å². The van der Waals surface area contributed by atoms with Gasteiger partial charge in [0.2, 0.25) is 5.91 Å². The number of aromatic nitrogens is 2. The summed E-state index contributed by atoms with van der Waals surface area (Å²) in [4.78, 5) is 12.9. The van der Waals surface area contributed by atoms with E-state index in [2.05, 4.69) is 11.4 Å². The normalized spacial score (nSPS) is 15.1. The van der Waals surface area contributed by atoms with Crippen LogP contribution in [-0.2, 0) is 16.1 Å². The number of carbonyl (C=O) groups is 1. The first-order valence-corrected chi connectivity index (χ1v) is 12.6. The fraction of sp³-hybridized carbons (Fsp3) is 0.214. The van der Waals surface area contributed by atoms with Gasteiger partial charge in [0.05, 0.1) is 43.2 Å². The molecule has 0 bridgehead atoms. The zero-order valence-electron chi connectivity index (χ0n) is 20.4. The van der Waals surface area contributed by atoms with Gasteiger partial charge in [-0.05, 0) is 29.8 Å². The molecule has 5 rings (SSSR count). The number of thioether (sulfide) groups is 1. The molecule has 0 fully saturated rings. The minimum absolute atomic E-state index is 0.0713. The minimum atomic E-state index is -0.193. The predicted octanol–water partition coefficient (Wildman–Crippen LogP) is 5.48. The maximum atomic E-state index is 12.9. The number of nitrogens with one attached hydrogen (secondary N) is 1. The van der Waals surface area contributed by atoms with Crippen molar-refractivity contribution in [3.05, 3.63) is 89.5 Å². The van der Waals surface area contributed by atoms with Gasteiger partial charge in [-0.25, -0.2) is 4.68 Å². The van der Waals surface area contributed by atoms with E-state index in [4.69, 9.17) is 19.3 Å². The summed E-state index contributed by atoms with van der Waals surface area (Å²) in [7, 11) is 4.89. The summed E-state index contributed by atoms with van der Waals surface area (Å²) in [5.74, 6) is 2.15. The lowest BCUT2D eigenvalue weighted by Crippen LogP contribution is -2.15. The number of carbonyl (C=O) groups excluding carboxylic acids is 1. The van der Waals surface area contributed by atoms with Crippen LogP contribution in [0.25, 0.3) is 16.9 Å². The van der Waals surface area contributed by atoms with Gasteiger partial charge in [0, 0.05) is 23.8 Å². The van der Waals surface area contributed by atoms with Gasteiger partial charge in [0.25, 0.3) is 0 Å². The van der Waals surface area contributed by atoms with E-state index in [0.29, 0.717) is 29.7 Å². The number of hydrogen-bond donors (Lipinski definition) is 1. The van der Waals surface area contributed by atoms with Gasteiger partial charge in [0.1, 0.15) is 5.82 Å². The first kappa shape index (κ1) is 24.0. The lowest BCUT2D eigenvalue weighted by molar-refractivity contribution is -0.113. The van der Waals surface area contributed by atoms with E-state index in [1.807, 2.05) is 71.4 Å². The van der Waals surface area contributed by atoms with E-state index in [1.54, 1.807) is 33.1 Å². The van der Waals surface area contributed by atoms with Crippen LogP contribution in [-0.4, -0.2) is 42.8 Å².